The molecule has 1 amide bonds. The minimum absolute atomic E-state index is 0.00586. The van der Waals surface area contributed by atoms with E-state index < -0.39 is 21.4 Å². The highest BCUT2D eigenvalue weighted by molar-refractivity contribution is 7.89. The van der Waals surface area contributed by atoms with Gasteiger partial charge in [0.05, 0.1) is 10.4 Å². The van der Waals surface area contributed by atoms with Gasteiger partial charge < -0.3 is 9.88 Å². The van der Waals surface area contributed by atoms with Crippen molar-refractivity contribution in [1.82, 2.24) is 14.2 Å². The largest absolute Gasteiger partial charge is 0.350 e. The van der Waals surface area contributed by atoms with Crippen LogP contribution < -0.4 is 10.7 Å². The van der Waals surface area contributed by atoms with Gasteiger partial charge in [-0.3, -0.25) is 9.59 Å². The fourth-order valence-corrected chi connectivity index (χ4v) is 6.85. The maximum Gasteiger partial charge on any atom is 0.256 e. The second-order valence-corrected chi connectivity index (χ2v) is 12.3. The van der Waals surface area contributed by atoms with E-state index >= 15 is 0 Å². The quantitative estimate of drug-likeness (QED) is 0.522. The number of benzene rings is 2. The van der Waals surface area contributed by atoms with Crippen molar-refractivity contribution >= 4 is 26.8 Å². The first kappa shape index (κ1) is 26.1. The van der Waals surface area contributed by atoms with Crippen LogP contribution in [0.1, 0.15) is 49.5 Å². The van der Waals surface area contributed by atoms with Gasteiger partial charge in [-0.25, -0.2) is 8.42 Å². The molecule has 0 saturated carbocycles. The number of rotatable bonds is 7. The average Bonchev–Trinajstić information content (AvgIpc) is 2.84. The van der Waals surface area contributed by atoms with Gasteiger partial charge in [0.2, 0.25) is 15.5 Å². The first-order valence-electron chi connectivity index (χ1n) is 12.5. The third-order valence-corrected chi connectivity index (χ3v) is 8.79. The van der Waals surface area contributed by atoms with Crippen LogP contribution in [0.25, 0.3) is 10.9 Å². The summed E-state index contributed by atoms with van der Waals surface area (Å²) < 4.78 is 30.0. The fraction of sp³-hybridized carbons (Fsp3) is 0.429. The van der Waals surface area contributed by atoms with Crippen molar-refractivity contribution < 1.29 is 13.2 Å². The number of carbonyl (C=O) groups is 1. The molecule has 192 valence electrons. The van der Waals surface area contributed by atoms with Gasteiger partial charge in [-0.1, -0.05) is 44.2 Å². The monoisotopic (exact) mass is 509 g/mol. The topological polar surface area (TPSA) is 88.5 Å². The number of nitrogens with one attached hydrogen (secondary N) is 1. The molecule has 3 atom stereocenters. The maximum atomic E-state index is 13.4. The van der Waals surface area contributed by atoms with Gasteiger partial charge in [0, 0.05) is 37.8 Å². The molecule has 2 aromatic carbocycles. The Morgan fingerprint density at radius 2 is 1.75 bits per heavy atom. The number of fused-ring (bicyclic) bond motifs is 1. The molecular formula is C28H35N3O4S. The highest BCUT2D eigenvalue weighted by Crippen LogP contribution is 2.28. The van der Waals surface area contributed by atoms with Crippen molar-refractivity contribution in [3.63, 3.8) is 0 Å². The van der Waals surface area contributed by atoms with Crippen LogP contribution in [0.15, 0.2) is 64.4 Å². The van der Waals surface area contributed by atoms with E-state index in [0.717, 1.165) is 19.3 Å². The summed E-state index contributed by atoms with van der Waals surface area (Å²) in [7, 11) is -2.00. The Balaban J connectivity index is 1.59. The van der Waals surface area contributed by atoms with Gasteiger partial charge in [-0.05, 0) is 61.8 Å². The van der Waals surface area contributed by atoms with E-state index in [-0.39, 0.29) is 33.7 Å². The third-order valence-electron chi connectivity index (χ3n) is 6.96. The summed E-state index contributed by atoms with van der Waals surface area (Å²) in [5, 5.41) is 3.15. The van der Waals surface area contributed by atoms with Gasteiger partial charge in [-0.2, -0.15) is 4.31 Å². The summed E-state index contributed by atoms with van der Waals surface area (Å²) in [5.41, 5.74) is 1.30. The molecule has 3 aromatic rings. The molecular weight excluding hydrogens is 474 g/mol. The lowest BCUT2D eigenvalue weighted by Crippen LogP contribution is -2.42. The van der Waals surface area contributed by atoms with Gasteiger partial charge in [0.1, 0.15) is 5.56 Å². The van der Waals surface area contributed by atoms with E-state index in [0.29, 0.717) is 18.6 Å². The lowest BCUT2D eigenvalue weighted by atomic mass is 9.94. The first-order valence-corrected chi connectivity index (χ1v) is 14.0. The number of sulfonamides is 1. The van der Waals surface area contributed by atoms with E-state index in [9.17, 15) is 18.0 Å². The molecule has 1 aromatic heterocycles. The number of aryl methyl sites for hydroxylation is 2. The molecule has 7 nitrogen and oxygen atoms in total. The number of piperidine rings is 1. The van der Waals surface area contributed by atoms with Crippen LogP contribution in [-0.4, -0.2) is 42.3 Å². The van der Waals surface area contributed by atoms with Crippen LogP contribution >= 0.6 is 0 Å². The average molecular weight is 510 g/mol. The van der Waals surface area contributed by atoms with Crippen molar-refractivity contribution in [2.75, 3.05) is 13.1 Å². The molecule has 1 aliphatic heterocycles. The predicted molar refractivity (Wildman–Crippen MR) is 143 cm³/mol. The maximum absolute atomic E-state index is 13.4. The number of pyridine rings is 1. The fourth-order valence-electron chi connectivity index (χ4n) is 5.15. The third kappa shape index (κ3) is 5.55. The Morgan fingerprint density at radius 1 is 1.08 bits per heavy atom. The van der Waals surface area contributed by atoms with Crippen molar-refractivity contribution in [1.29, 1.82) is 0 Å². The zero-order chi connectivity index (χ0) is 26.0. The van der Waals surface area contributed by atoms with Crippen LogP contribution in [0.4, 0.5) is 0 Å². The lowest BCUT2D eigenvalue weighted by Gasteiger charge is -2.34. The van der Waals surface area contributed by atoms with Crippen LogP contribution in [0, 0.1) is 11.8 Å². The van der Waals surface area contributed by atoms with Crippen LogP contribution in [0.2, 0.25) is 0 Å². The molecule has 0 bridgehead atoms. The second kappa shape index (κ2) is 10.6. The zero-order valence-corrected chi connectivity index (χ0v) is 22.2. The molecule has 4 rings (SSSR count). The highest BCUT2D eigenvalue weighted by Gasteiger charge is 2.32. The number of hydrogen-bond donors (Lipinski definition) is 1. The summed E-state index contributed by atoms with van der Waals surface area (Å²) in [6, 6.07) is 14.5. The van der Waals surface area contributed by atoms with E-state index in [1.807, 2.05) is 37.3 Å². The van der Waals surface area contributed by atoms with Crippen LogP contribution in [-0.2, 0) is 23.5 Å². The molecule has 1 aliphatic rings. The van der Waals surface area contributed by atoms with Crippen molar-refractivity contribution in [2.24, 2.45) is 18.9 Å². The predicted octanol–water partition coefficient (Wildman–Crippen LogP) is 3.96. The lowest BCUT2D eigenvalue weighted by molar-refractivity contribution is 0.0937. The molecule has 1 fully saturated rings. The summed E-state index contributed by atoms with van der Waals surface area (Å²) >= 11 is 0. The number of carbonyl (C=O) groups excluding carboxylic acids is 1. The first-order chi connectivity index (χ1) is 17.1. The number of hydrogen-bond acceptors (Lipinski definition) is 4. The van der Waals surface area contributed by atoms with Crippen molar-refractivity contribution in [2.45, 2.75) is 51.0 Å². The summed E-state index contributed by atoms with van der Waals surface area (Å²) in [6.45, 7) is 6.95. The molecule has 0 aliphatic carbocycles. The van der Waals surface area contributed by atoms with Gasteiger partial charge in [0.15, 0.2) is 0 Å². The molecule has 1 saturated heterocycles. The Bertz CT molecular complexity index is 1410. The minimum Gasteiger partial charge on any atom is -0.350 e. The van der Waals surface area contributed by atoms with Gasteiger partial charge >= 0.3 is 0 Å². The molecule has 0 unspecified atom stereocenters. The summed E-state index contributed by atoms with van der Waals surface area (Å²) in [6.07, 6.45) is 4.06. The molecule has 36 heavy (non-hydrogen) atoms. The number of aromatic nitrogens is 1. The molecule has 2 heterocycles. The standard InChI is InChI=1S/C28H35N3O4S/c1-19-14-20(2)17-31(16-19)36(34,35)23-12-13-26-24(15-23)27(32)25(18-30(26)4)28(33)29-21(3)10-11-22-8-6-5-7-9-22/h5-9,12-13,15,18-21H,10-11,14,16-17H2,1-4H3,(H,29,33)/t19-,20+,21-/m0/s1. The molecule has 8 heteroatoms. The molecule has 0 spiro atoms. The van der Waals surface area contributed by atoms with E-state index in [1.165, 1.54) is 22.1 Å². The Kier molecular flexibility index (Phi) is 7.66. The highest BCUT2D eigenvalue weighted by atomic mass is 32.2. The molecule has 1 N–H and O–H groups in total. The normalized spacial score (nSPS) is 19.8. The molecule has 0 radical (unpaired) electrons. The van der Waals surface area contributed by atoms with Crippen LogP contribution in [0.3, 0.4) is 0 Å². The number of nitrogens with zero attached hydrogens (tertiary/aromatic N) is 2. The summed E-state index contributed by atoms with van der Waals surface area (Å²) in [4.78, 5) is 26.5. The van der Waals surface area contributed by atoms with E-state index in [1.54, 1.807) is 23.7 Å². The smallest absolute Gasteiger partial charge is 0.256 e. The van der Waals surface area contributed by atoms with E-state index in [2.05, 4.69) is 19.2 Å². The van der Waals surface area contributed by atoms with Crippen molar-refractivity contribution in [3.05, 3.63) is 76.1 Å². The van der Waals surface area contributed by atoms with Gasteiger partial charge in [0.25, 0.3) is 5.91 Å². The van der Waals surface area contributed by atoms with Gasteiger partial charge in [-0.15, -0.1) is 0 Å². The van der Waals surface area contributed by atoms with Crippen molar-refractivity contribution in [3.8, 4) is 0 Å². The Morgan fingerprint density at radius 3 is 2.42 bits per heavy atom. The SMILES string of the molecule is C[C@@H]1C[C@H](C)CN(S(=O)(=O)c2ccc3c(c2)c(=O)c(C(=O)N[C@@H](C)CCc2ccccc2)cn3C)C1. The zero-order valence-electron chi connectivity index (χ0n) is 21.4. The summed E-state index contributed by atoms with van der Waals surface area (Å²) in [5.74, 6) is 0.0945. The van der Waals surface area contributed by atoms with Crippen LogP contribution in [0.5, 0.6) is 0 Å². The minimum atomic E-state index is -3.75. The number of amides is 1. The Hall–Kier alpha value is -2.97. The Labute approximate surface area is 213 Å². The van der Waals surface area contributed by atoms with E-state index in [4.69, 9.17) is 0 Å². The second-order valence-electron chi connectivity index (χ2n) is 10.3.